The summed E-state index contributed by atoms with van der Waals surface area (Å²) >= 11 is 3.48. The molecule has 0 atom stereocenters. The van der Waals surface area contributed by atoms with Crippen LogP contribution in [0.5, 0.6) is 0 Å². The number of halogens is 4. The molecule has 31 heavy (non-hydrogen) atoms. The summed E-state index contributed by atoms with van der Waals surface area (Å²) in [6.07, 6.45) is 0.700. The third-order valence-electron chi connectivity index (χ3n) is 4.77. The molecule has 0 aliphatic carbocycles. The van der Waals surface area contributed by atoms with E-state index >= 15 is 0 Å². The van der Waals surface area contributed by atoms with Gasteiger partial charge in [-0.25, -0.2) is 14.3 Å². The molecule has 0 amide bonds. The van der Waals surface area contributed by atoms with Gasteiger partial charge in [-0.15, -0.1) is 0 Å². The van der Waals surface area contributed by atoms with Crippen molar-refractivity contribution in [2.75, 3.05) is 25.0 Å². The number of carbonyl (C=O) groups is 1. The van der Waals surface area contributed by atoms with Crippen LogP contribution < -0.4 is 5.32 Å². The Kier molecular flexibility index (Phi) is 7.50. The average molecular weight is 500 g/mol. The molecule has 0 saturated carbocycles. The number of carboxylic acids is 1. The molecule has 0 bridgehead atoms. The molecule has 1 aliphatic rings. The minimum atomic E-state index is -5.08. The van der Waals surface area contributed by atoms with E-state index < -0.39 is 12.1 Å². The number of nitrogens with zero attached hydrogens (tertiary/aromatic N) is 4. The van der Waals surface area contributed by atoms with Gasteiger partial charge in [-0.1, -0.05) is 24.3 Å². The number of nitrogens with one attached hydrogen (secondary N) is 1. The molecule has 4 rings (SSSR count). The van der Waals surface area contributed by atoms with Crippen LogP contribution in [0.15, 0.2) is 47.3 Å². The normalized spacial score (nSPS) is 13.9. The van der Waals surface area contributed by atoms with Gasteiger partial charge in [-0.3, -0.25) is 4.90 Å². The number of fused-ring (bicyclic) bond motifs is 2. The standard InChI is InChI=1S/C18H20BrN5.C2HF3O2/c19-16-10-17-18(21-13-22-24(17)12-16)20-7-3-8-23-9-6-14-4-1-2-5-15(14)11-23;3-2(4,5)1(6)7/h1-2,4-5,10,12-13H,3,6-9,11H2,(H,20,21,22);(H,6,7). The summed E-state index contributed by atoms with van der Waals surface area (Å²) in [4.78, 5) is 15.8. The van der Waals surface area contributed by atoms with Gasteiger partial charge in [0.25, 0.3) is 0 Å². The second-order valence-corrected chi connectivity index (χ2v) is 7.89. The summed E-state index contributed by atoms with van der Waals surface area (Å²) in [5, 5.41) is 14.8. The highest BCUT2D eigenvalue weighted by Gasteiger charge is 2.38. The smallest absolute Gasteiger partial charge is 0.475 e. The van der Waals surface area contributed by atoms with E-state index in [9.17, 15) is 13.2 Å². The van der Waals surface area contributed by atoms with Crippen LogP contribution in [0.3, 0.4) is 0 Å². The Labute approximate surface area is 185 Å². The van der Waals surface area contributed by atoms with Crippen LogP contribution in [0, 0.1) is 0 Å². The van der Waals surface area contributed by atoms with E-state index in [1.807, 2.05) is 16.8 Å². The number of hydrogen-bond acceptors (Lipinski definition) is 5. The van der Waals surface area contributed by atoms with E-state index in [1.165, 1.54) is 11.1 Å². The molecule has 166 valence electrons. The van der Waals surface area contributed by atoms with Crippen molar-refractivity contribution in [1.82, 2.24) is 19.5 Å². The van der Waals surface area contributed by atoms with Gasteiger partial charge >= 0.3 is 12.1 Å². The number of carboxylic acid groups (broad SMARTS) is 1. The predicted molar refractivity (Wildman–Crippen MR) is 113 cm³/mol. The van der Waals surface area contributed by atoms with Gasteiger partial charge in [0.05, 0.1) is 0 Å². The lowest BCUT2D eigenvalue weighted by Crippen LogP contribution is -2.32. The highest BCUT2D eigenvalue weighted by molar-refractivity contribution is 9.10. The van der Waals surface area contributed by atoms with Crippen LogP contribution in [-0.2, 0) is 17.8 Å². The number of benzene rings is 1. The van der Waals surface area contributed by atoms with Gasteiger partial charge in [0.15, 0.2) is 5.82 Å². The number of aliphatic carboxylic acids is 1. The lowest BCUT2D eigenvalue weighted by atomic mass is 10.00. The number of anilines is 1. The van der Waals surface area contributed by atoms with E-state index in [2.05, 4.69) is 60.5 Å². The van der Waals surface area contributed by atoms with Crippen molar-refractivity contribution in [2.24, 2.45) is 0 Å². The third kappa shape index (κ3) is 6.41. The Bertz CT molecular complexity index is 1040. The molecule has 2 aromatic heterocycles. The van der Waals surface area contributed by atoms with Crippen molar-refractivity contribution in [3.63, 3.8) is 0 Å². The molecule has 7 nitrogen and oxygen atoms in total. The van der Waals surface area contributed by atoms with Gasteiger partial charge < -0.3 is 10.4 Å². The largest absolute Gasteiger partial charge is 0.490 e. The second kappa shape index (κ2) is 10.1. The van der Waals surface area contributed by atoms with Crippen LogP contribution in [0.2, 0.25) is 0 Å². The van der Waals surface area contributed by atoms with Crippen LogP contribution in [0.1, 0.15) is 17.5 Å². The monoisotopic (exact) mass is 499 g/mol. The molecular formula is C20H21BrF3N5O2. The van der Waals surface area contributed by atoms with E-state index in [-0.39, 0.29) is 0 Å². The quantitative estimate of drug-likeness (QED) is 0.516. The summed E-state index contributed by atoms with van der Waals surface area (Å²) in [6.45, 7) is 4.24. The maximum atomic E-state index is 10.6. The molecule has 1 aliphatic heterocycles. The molecule has 2 N–H and O–H groups in total. The predicted octanol–water partition coefficient (Wildman–Crippen LogP) is 3.99. The summed E-state index contributed by atoms with van der Waals surface area (Å²) in [5.41, 5.74) is 3.98. The van der Waals surface area contributed by atoms with Crippen LogP contribution in [-0.4, -0.2) is 56.4 Å². The molecule has 1 aromatic carbocycles. The maximum Gasteiger partial charge on any atom is 0.490 e. The zero-order chi connectivity index (χ0) is 22.4. The number of rotatable bonds is 5. The first-order valence-corrected chi connectivity index (χ1v) is 10.4. The SMILES string of the molecule is Brc1cc2c(NCCCN3CCc4ccccc4C3)ncnn2c1.O=C(O)C(F)(F)F. The Balaban J connectivity index is 0.000000339. The van der Waals surface area contributed by atoms with Gasteiger partial charge in [0.1, 0.15) is 11.8 Å². The van der Waals surface area contributed by atoms with Crippen molar-refractivity contribution in [1.29, 1.82) is 0 Å². The summed E-state index contributed by atoms with van der Waals surface area (Å²) in [6, 6.07) is 10.8. The van der Waals surface area contributed by atoms with Crippen LogP contribution >= 0.6 is 15.9 Å². The third-order valence-corrected chi connectivity index (χ3v) is 5.20. The molecular weight excluding hydrogens is 479 g/mol. The van der Waals surface area contributed by atoms with Gasteiger partial charge in [-0.05, 0) is 46.0 Å². The lowest BCUT2D eigenvalue weighted by molar-refractivity contribution is -0.192. The van der Waals surface area contributed by atoms with Gasteiger partial charge in [-0.2, -0.15) is 18.3 Å². The van der Waals surface area contributed by atoms with Crippen LogP contribution in [0.4, 0.5) is 19.0 Å². The topological polar surface area (TPSA) is 82.8 Å². The van der Waals surface area contributed by atoms with E-state index in [1.54, 1.807) is 6.33 Å². The van der Waals surface area contributed by atoms with Crippen LogP contribution in [0.25, 0.3) is 5.52 Å². The fraction of sp³-hybridized carbons (Fsp3) is 0.350. The molecule has 0 unspecified atom stereocenters. The Hall–Kier alpha value is -2.66. The number of alkyl halides is 3. The van der Waals surface area contributed by atoms with Crippen molar-refractivity contribution in [3.05, 3.63) is 58.5 Å². The number of aromatic nitrogens is 3. The molecule has 11 heteroatoms. The molecule has 0 saturated heterocycles. The first kappa shape index (κ1) is 23.0. The summed E-state index contributed by atoms with van der Waals surface area (Å²) in [5.74, 6) is -1.87. The van der Waals surface area contributed by atoms with Crippen molar-refractivity contribution in [2.45, 2.75) is 25.6 Å². The van der Waals surface area contributed by atoms with E-state index in [4.69, 9.17) is 9.90 Å². The maximum absolute atomic E-state index is 10.6. The molecule has 3 heterocycles. The molecule has 0 radical (unpaired) electrons. The van der Waals surface area contributed by atoms with Gasteiger partial charge in [0.2, 0.25) is 0 Å². The fourth-order valence-corrected chi connectivity index (χ4v) is 3.70. The van der Waals surface area contributed by atoms with E-state index in [0.29, 0.717) is 0 Å². The highest BCUT2D eigenvalue weighted by Crippen LogP contribution is 2.20. The van der Waals surface area contributed by atoms with Crippen molar-refractivity contribution >= 4 is 33.2 Å². The second-order valence-electron chi connectivity index (χ2n) is 6.97. The Morgan fingerprint density at radius 2 is 1.97 bits per heavy atom. The Morgan fingerprint density at radius 3 is 2.68 bits per heavy atom. The zero-order valence-electron chi connectivity index (χ0n) is 16.4. The Morgan fingerprint density at radius 1 is 1.26 bits per heavy atom. The zero-order valence-corrected chi connectivity index (χ0v) is 18.0. The fourth-order valence-electron chi connectivity index (χ4n) is 3.29. The van der Waals surface area contributed by atoms with Gasteiger partial charge in [0, 0.05) is 36.8 Å². The first-order chi connectivity index (χ1) is 14.7. The van der Waals surface area contributed by atoms with E-state index in [0.717, 1.165) is 54.8 Å². The molecule has 0 fully saturated rings. The molecule has 0 spiro atoms. The lowest BCUT2D eigenvalue weighted by Gasteiger charge is -2.28. The summed E-state index contributed by atoms with van der Waals surface area (Å²) in [7, 11) is 0. The van der Waals surface area contributed by atoms with Crippen molar-refractivity contribution in [3.8, 4) is 0 Å². The van der Waals surface area contributed by atoms with Crippen molar-refractivity contribution < 1.29 is 23.1 Å². The highest BCUT2D eigenvalue weighted by atomic mass is 79.9. The molecule has 3 aromatic rings. The number of hydrogen-bond donors (Lipinski definition) is 2. The summed E-state index contributed by atoms with van der Waals surface area (Å²) < 4.78 is 34.6. The average Bonchev–Trinajstić information content (AvgIpc) is 3.12. The minimum Gasteiger partial charge on any atom is -0.475 e. The first-order valence-electron chi connectivity index (χ1n) is 9.56. The minimum absolute atomic E-state index is 0.889.